The van der Waals surface area contributed by atoms with Crippen LogP contribution in [0.15, 0.2) is 6.07 Å². The van der Waals surface area contributed by atoms with Gasteiger partial charge in [0, 0.05) is 12.5 Å². The summed E-state index contributed by atoms with van der Waals surface area (Å²) in [6, 6.07) is 1.89. The molecule has 2 rings (SSSR count). The van der Waals surface area contributed by atoms with Crippen molar-refractivity contribution in [2.24, 2.45) is 0 Å². The lowest BCUT2D eigenvalue weighted by Crippen LogP contribution is -2.01. The average Bonchev–Trinajstić information content (AvgIpc) is 2.79. The molecule has 1 aromatic heterocycles. The Balaban J connectivity index is 1.82. The first-order valence-electron chi connectivity index (χ1n) is 6.65. The first-order valence-corrected chi connectivity index (χ1v) is 7.79. The fraction of sp³-hybridized carbons (Fsp3) is 0.769. The van der Waals surface area contributed by atoms with Crippen LogP contribution in [0.5, 0.6) is 0 Å². The lowest BCUT2D eigenvalue weighted by Gasteiger charge is -2.03. The smallest absolute Gasteiger partial charge is 0.127 e. The van der Waals surface area contributed by atoms with Crippen molar-refractivity contribution >= 4 is 34.8 Å². The van der Waals surface area contributed by atoms with Crippen LogP contribution in [0.3, 0.4) is 0 Å². The van der Waals surface area contributed by atoms with Gasteiger partial charge in [0.25, 0.3) is 0 Å². The summed E-state index contributed by atoms with van der Waals surface area (Å²) in [5.41, 5.74) is 0.929. The summed E-state index contributed by atoms with van der Waals surface area (Å²) < 4.78 is 1.24. The third kappa shape index (κ3) is 3.55. The number of halogens is 3. The number of aryl methyl sites for hydroxylation is 1. The zero-order valence-corrected chi connectivity index (χ0v) is 12.9. The number of aromatic nitrogens is 2. The van der Waals surface area contributed by atoms with Gasteiger partial charge < -0.3 is 0 Å². The minimum Gasteiger partial charge on any atom is -0.254 e. The Bertz CT molecular complexity index is 401. The third-order valence-electron chi connectivity index (χ3n) is 3.41. The van der Waals surface area contributed by atoms with E-state index in [0.29, 0.717) is 5.15 Å². The molecule has 0 aromatic carbocycles. The maximum atomic E-state index is 6.16. The highest BCUT2D eigenvalue weighted by Gasteiger charge is 2.54. The van der Waals surface area contributed by atoms with E-state index in [0.717, 1.165) is 25.1 Å². The second-order valence-corrected chi connectivity index (χ2v) is 6.98. The Kier molecular flexibility index (Phi) is 4.85. The number of alkyl halides is 2. The number of rotatable bonds is 7. The highest BCUT2D eigenvalue weighted by molar-refractivity contribution is 6.51. The standard InChI is InChI=1S/C13H19Cl3N2/c1-2-3-4-5-6-7-18-12(14)8-11(17-18)10-9-13(10,15)16/h8,10H,2-7,9H2,1H3. The van der Waals surface area contributed by atoms with Gasteiger partial charge in [0.05, 0.1) is 5.69 Å². The molecule has 1 aliphatic rings. The predicted octanol–water partition coefficient (Wildman–Crippen LogP) is 5.17. The van der Waals surface area contributed by atoms with E-state index in [-0.39, 0.29) is 5.92 Å². The van der Waals surface area contributed by atoms with E-state index >= 15 is 0 Å². The topological polar surface area (TPSA) is 17.8 Å². The van der Waals surface area contributed by atoms with Crippen LogP contribution in [0.1, 0.15) is 57.1 Å². The van der Waals surface area contributed by atoms with Crippen LogP contribution in [-0.4, -0.2) is 14.1 Å². The molecule has 5 heteroatoms. The van der Waals surface area contributed by atoms with Gasteiger partial charge in [-0.15, -0.1) is 23.2 Å². The normalized spacial score (nSPS) is 21.2. The molecule has 1 atom stereocenters. The summed E-state index contributed by atoms with van der Waals surface area (Å²) in [6.07, 6.45) is 7.00. The van der Waals surface area contributed by atoms with Crippen molar-refractivity contribution < 1.29 is 0 Å². The summed E-state index contributed by atoms with van der Waals surface area (Å²) in [7, 11) is 0. The van der Waals surface area contributed by atoms with Crippen molar-refractivity contribution in [3.8, 4) is 0 Å². The Morgan fingerprint density at radius 2 is 2.00 bits per heavy atom. The third-order valence-corrected chi connectivity index (χ3v) is 4.55. The first kappa shape index (κ1) is 14.5. The summed E-state index contributed by atoms with van der Waals surface area (Å²) in [6.45, 7) is 3.10. The lowest BCUT2D eigenvalue weighted by molar-refractivity contribution is 0.530. The van der Waals surface area contributed by atoms with Gasteiger partial charge in [0.15, 0.2) is 0 Å². The molecule has 2 nitrogen and oxygen atoms in total. The van der Waals surface area contributed by atoms with Crippen LogP contribution in [0.25, 0.3) is 0 Å². The second kappa shape index (κ2) is 6.02. The van der Waals surface area contributed by atoms with Crippen LogP contribution in [-0.2, 0) is 6.54 Å². The van der Waals surface area contributed by atoms with Crippen molar-refractivity contribution in [1.82, 2.24) is 9.78 Å². The van der Waals surface area contributed by atoms with E-state index in [9.17, 15) is 0 Å². The molecule has 102 valence electrons. The molecular formula is C13H19Cl3N2. The summed E-state index contributed by atoms with van der Waals surface area (Å²) >= 11 is 18.2. The molecule has 1 fully saturated rings. The van der Waals surface area contributed by atoms with Gasteiger partial charge in [-0.2, -0.15) is 5.10 Å². The van der Waals surface area contributed by atoms with Crippen molar-refractivity contribution in [3.63, 3.8) is 0 Å². The highest BCUT2D eigenvalue weighted by atomic mass is 35.5. The summed E-state index contributed by atoms with van der Waals surface area (Å²) in [5, 5.41) is 5.19. The zero-order valence-electron chi connectivity index (χ0n) is 10.6. The molecule has 0 amide bonds. The number of unbranched alkanes of at least 4 members (excludes halogenated alkanes) is 4. The molecule has 0 saturated heterocycles. The van der Waals surface area contributed by atoms with Gasteiger partial charge in [-0.05, 0) is 18.9 Å². The van der Waals surface area contributed by atoms with Gasteiger partial charge in [-0.25, -0.2) is 0 Å². The molecule has 1 heterocycles. The van der Waals surface area contributed by atoms with E-state index in [1.54, 1.807) is 0 Å². The number of hydrogen-bond acceptors (Lipinski definition) is 1. The zero-order chi connectivity index (χ0) is 13.2. The predicted molar refractivity (Wildman–Crippen MR) is 77.8 cm³/mol. The van der Waals surface area contributed by atoms with Gasteiger partial charge in [-0.1, -0.05) is 44.2 Å². The molecule has 1 unspecified atom stereocenters. The van der Waals surface area contributed by atoms with E-state index in [2.05, 4.69) is 12.0 Å². The summed E-state index contributed by atoms with van der Waals surface area (Å²) in [4.78, 5) is 0. The fourth-order valence-electron chi connectivity index (χ4n) is 2.14. The van der Waals surface area contributed by atoms with Crippen molar-refractivity contribution in [1.29, 1.82) is 0 Å². The second-order valence-electron chi connectivity index (χ2n) is 5.05. The molecule has 0 aliphatic heterocycles. The molecule has 1 aromatic rings. The SMILES string of the molecule is CCCCCCCn1nc(C2CC2(Cl)Cl)cc1Cl. The van der Waals surface area contributed by atoms with Crippen molar-refractivity contribution in [2.45, 2.75) is 62.2 Å². The average molecular weight is 310 g/mol. The molecule has 18 heavy (non-hydrogen) atoms. The van der Waals surface area contributed by atoms with Crippen molar-refractivity contribution in [2.75, 3.05) is 0 Å². The quantitative estimate of drug-likeness (QED) is 0.502. The van der Waals surface area contributed by atoms with Gasteiger partial charge in [0.1, 0.15) is 9.49 Å². The van der Waals surface area contributed by atoms with Crippen LogP contribution < -0.4 is 0 Å². The van der Waals surface area contributed by atoms with E-state index < -0.39 is 4.33 Å². The Morgan fingerprint density at radius 1 is 1.33 bits per heavy atom. The molecule has 0 bridgehead atoms. The monoisotopic (exact) mass is 308 g/mol. The fourth-order valence-corrected chi connectivity index (χ4v) is 2.91. The first-order chi connectivity index (χ1) is 8.54. The number of hydrogen-bond donors (Lipinski definition) is 0. The maximum absolute atomic E-state index is 6.16. The van der Waals surface area contributed by atoms with Gasteiger partial charge in [0.2, 0.25) is 0 Å². The van der Waals surface area contributed by atoms with Crippen LogP contribution in [0, 0.1) is 0 Å². The molecule has 1 saturated carbocycles. The maximum Gasteiger partial charge on any atom is 0.127 e. The minimum atomic E-state index is -0.621. The largest absolute Gasteiger partial charge is 0.254 e. The summed E-state index contributed by atoms with van der Waals surface area (Å²) in [5.74, 6) is 0.152. The van der Waals surface area contributed by atoms with Crippen LogP contribution >= 0.6 is 34.8 Å². The Hall–Kier alpha value is 0.0800. The van der Waals surface area contributed by atoms with E-state index in [4.69, 9.17) is 34.8 Å². The van der Waals surface area contributed by atoms with E-state index in [1.165, 1.54) is 25.7 Å². The van der Waals surface area contributed by atoms with Crippen LogP contribution in [0.2, 0.25) is 5.15 Å². The molecular weight excluding hydrogens is 291 g/mol. The molecule has 1 aliphatic carbocycles. The Morgan fingerprint density at radius 3 is 2.61 bits per heavy atom. The van der Waals surface area contributed by atoms with Crippen LogP contribution in [0.4, 0.5) is 0 Å². The minimum absolute atomic E-state index is 0.152. The Labute approximate surface area is 124 Å². The highest BCUT2D eigenvalue weighted by Crippen LogP contribution is 2.59. The molecule has 0 spiro atoms. The van der Waals surface area contributed by atoms with Gasteiger partial charge >= 0.3 is 0 Å². The van der Waals surface area contributed by atoms with E-state index in [1.807, 2.05) is 10.7 Å². The van der Waals surface area contributed by atoms with Crippen molar-refractivity contribution in [3.05, 3.63) is 16.9 Å². The number of nitrogens with zero attached hydrogens (tertiary/aromatic N) is 2. The van der Waals surface area contributed by atoms with Gasteiger partial charge in [-0.3, -0.25) is 4.68 Å². The molecule has 0 radical (unpaired) electrons. The lowest BCUT2D eigenvalue weighted by atomic mass is 10.1. The molecule has 0 N–H and O–H groups in total.